The van der Waals surface area contributed by atoms with Crippen molar-refractivity contribution in [2.75, 3.05) is 5.32 Å². The highest BCUT2D eigenvalue weighted by Crippen LogP contribution is 2.05. The number of anilines is 1. The fourth-order valence-corrected chi connectivity index (χ4v) is 1.65. The minimum Gasteiger partial charge on any atom is -0.366 e. The number of rotatable bonds is 6. The molecule has 0 aliphatic rings. The lowest BCUT2D eigenvalue weighted by molar-refractivity contribution is 0.0945. The molecule has 0 saturated heterocycles. The Bertz CT molecular complexity index is 570. The van der Waals surface area contributed by atoms with E-state index in [0.29, 0.717) is 24.1 Å². The predicted molar refractivity (Wildman–Crippen MR) is 80.8 cm³/mol. The van der Waals surface area contributed by atoms with E-state index < -0.39 is 0 Å². The number of hydrogen-bond donors (Lipinski definition) is 2. The summed E-state index contributed by atoms with van der Waals surface area (Å²) in [4.78, 5) is 24.3. The zero-order valence-electron chi connectivity index (χ0n) is 12.2. The Morgan fingerprint density at radius 3 is 2.76 bits per heavy atom. The van der Waals surface area contributed by atoms with Crippen molar-refractivity contribution in [1.29, 1.82) is 0 Å². The molecule has 0 spiro atoms. The maximum Gasteiger partial charge on any atom is 0.271 e. The molecule has 1 atom stereocenters. The predicted octanol–water partition coefficient (Wildman–Crippen LogP) is 2.01. The van der Waals surface area contributed by atoms with E-state index in [4.69, 9.17) is 0 Å². The third-order valence-corrected chi connectivity index (χ3v) is 3.07. The first-order chi connectivity index (χ1) is 10.2. The zero-order chi connectivity index (χ0) is 15.1. The highest BCUT2D eigenvalue weighted by Gasteiger charge is 2.08. The first-order valence-corrected chi connectivity index (χ1v) is 6.94. The molecule has 2 N–H and O–H groups in total. The van der Waals surface area contributed by atoms with Gasteiger partial charge in [0.1, 0.15) is 11.5 Å². The molecule has 0 bridgehead atoms. The van der Waals surface area contributed by atoms with Crippen LogP contribution in [0.4, 0.5) is 5.82 Å². The number of carbonyl (C=O) groups excluding carboxylic acids is 1. The number of nitrogens with one attached hydrogen (secondary N) is 2. The van der Waals surface area contributed by atoms with Gasteiger partial charge in [0.2, 0.25) is 0 Å². The van der Waals surface area contributed by atoms with Crippen LogP contribution in [0.2, 0.25) is 0 Å². The largest absolute Gasteiger partial charge is 0.366 e. The average molecular weight is 285 g/mol. The second-order valence-electron chi connectivity index (χ2n) is 4.78. The van der Waals surface area contributed by atoms with E-state index in [1.165, 1.54) is 6.20 Å². The fourth-order valence-electron chi connectivity index (χ4n) is 1.65. The molecule has 0 aromatic carbocycles. The Morgan fingerprint density at radius 2 is 2.14 bits per heavy atom. The van der Waals surface area contributed by atoms with Crippen LogP contribution in [-0.4, -0.2) is 26.9 Å². The molecular formula is C15H19N5O. The number of aromatic nitrogens is 3. The molecule has 2 rings (SSSR count). The van der Waals surface area contributed by atoms with Crippen LogP contribution in [0.5, 0.6) is 0 Å². The highest BCUT2D eigenvalue weighted by molar-refractivity contribution is 5.91. The van der Waals surface area contributed by atoms with Crippen molar-refractivity contribution in [3.63, 3.8) is 0 Å². The average Bonchev–Trinajstić information content (AvgIpc) is 2.54. The SMILES string of the molecule is CCC(C)Nc1cnc(C(=O)NCc2cccnc2)cn1. The molecule has 21 heavy (non-hydrogen) atoms. The maximum atomic E-state index is 12.0. The maximum absolute atomic E-state index is 12.0. The topological polar surface area (TPSA) is 79.8 Å². The van der Waals surface area contributed by atoms with Gasteiger partial charge in [-0.3, -0.25) is 9.78 Å². The smallest absolute Gasteiger partial charge is 0.271 e. The molecule has 110 valence electrons. The zero-order valence-corrected chi connectivity index (χ0v) is 12.2. The van der Waals surface area contributed by atoms with Crippen LogP contribution >= 0.6 is 0 Å². The van der Waals surface area contributed by atoms with Crippen molar-refractivity contribution < 1.29 is 4.79 Å². The second-order valence-corrected chi connectivity index (χ2v) is 4.78. The van der Waals surface area contributed by atoms with Gasteiger partial charge in [0.25, 0.3) is 5.91 Å². The third-order valence-electron chi connectivity index (χ3n) is 3.07. The molecular weight excluding hydrogens is 266 g/mol. The van der Waals surface area contributed by atoms with Gasteiger partial charge in [0, 0.05) is 25.0 Å². The lowest BCUT2D eigenvalue weighted by Crippen LogP contribution is -2.24. The van der Waals surface area contributed by atoms with E-state index in [-0.39, 0.29) is 5.91 Å². The summed E-state index contributed by atoms with van der Waals surface area (Å²) in [6, 6.07) is 4.05. The molecule has 1 amide bonds. The quantitative estimate of drug-likeness (QED) is 0.848. The second kappa shape index (κ2) is 7.33. The summed E-state index contributed by atoms with van der Waals surface area (Å²) in [5.74, 6) is 0.426. The number of nitrogens with zero attached hydrogens (tertiary/aromatic N) is 3. The van der Waals surface area contributed by atoms with E-state index in [2.05, 4.69) is 39.4 Å². The van der Waals surface area contributed by atoms with E-state index >= 15 is 0 Å². The molecule has 2 heterocycles. The molecule has 0 saturated carbocycles. The number of hydrogen-bond acceptors (Lipinski definition) is 5. The van der Waals surface area contributed by atoms with Crippen LogP contribution in [0.3, 0.4) is 0 Å². The Hall–Kier alpha value is -2.50. The van der Waals surface area contributed by atoms with Gasteiger partial charge in [-0.05, 0) is 25.0 Å². The van der Waals surface area contributed by atoms with Gasteiger partial charge >= 0.3 is 0 Å². The summed E-state index contributed by atoms with van der Waals surface area (Å²) >= 11 is 0. The van der Waals surface area contributed by atoms with Gasteiger partial charge in [-0.2, -0.15) is 0 Å². The summed E-state index contributed by atoms with van der Waals surface area (Å²) in [6.07, 6.45) is 7.45. The van der Waals surface area contributed by atoms with Crippen molar-refractivity contribution in [2.45, 2.75) is 32.9 Å². The van der Waals surface area contributed by atoms with Crippen LogP contribution in [0.25, 0.3) is 0 Å². The van der Waals surface area contributed by atoms with Crippen LogP contribution < -0.4 is 10.6 Å². The summed E-state index contributed by atoms with van der Waals surface area (Å²) in [5.41, 5.74) is 1.24. The Labute approximate surface area is 124 Å². The van der Waals surface area contributed by atoms with Gasteiger partial charge < -0.3 is 10.6 Å². The molecule has 0 aliphatic carbocycles. The van der Waals surface area contributed by atoms with Crippen molar-refractivity contribution in [1.82, 2.24) is 20.3 Å². The lowest BCUT2D eigenvalue weighted by atomic mass is 10.2. The monoisotopic (exact) mass is 285 g/mol. The third kappa shape index (κ3) is 4.52. The van der Waals surface area contributed by atoms with Gasteiger partial charge in [0.15, 0.2) is 0 Å². The van der Waals surface area contributed by atoms with Gasteiger partial charge in [0.05, 0.1) is 12.4 Å². The van der Waals surface area contributed by atoms with Gasteiger partial charge in [-0.25, -0.2) is 9.97 Å². The number of amides is 1. The molecule has 6 nitrogen and oxygen atoms in total. The molecule has 0 aliphatic heterocycles. The fraction of sp³-hybridized carbons (Fsp3) is 0.333. The van der Waals surface area contributed by atoms with E-state index in [1.807, 2.05) is 12.1 Å². The summed E-state index contributed by atoms with van der Waals surface area (Å²) < 4.78 is 0. The van der Waals surface area contributed by atoms with Crippen molar-refractivity contribution in [2.24, 2.45) is 0 Å². The first kappa shape index (κ1) is 14.9. The Balaban J connectivity index is 1.90. The van der Waals surface area contributed by atoms with Crippen LogP contribution in [0.1, 0.15) is 36.3 Å². The lowest BCUT2D eigenvalue weighted by Gasteiger charge is -2.11. The number of carbonyl (C=O) groups is 1. The van der Waals surface area contributed by atoms with E-state index in [9.17, 15) is 4.79 Å². The Kier molecular flexibility index (Phi) is 5.20. The summed E-state index contributed by atoms with van der Waals surface area (Å²) in [7, 11) is 0. The van der Waals surface area contributed by atoms with E-state index in [0.717, 1.165) is 12.0 Å². The highest BCUT2D eigenvalue weighted by atomic mass is 16.1. The number of pyridine rings is 1. The van der Waals surface area contributed by atoms with Crippen molar-refractivity contribution in [3.8, 4) is 0 Å². The minimum atomic E-state index is -0.249. The molecule has 6 heteroatoms. The van der Waals surface area contributed by atoms with Crippen LogP contribution in [0, 0.1) is 0 Å². The normalized spacial score (nSPS) is 11.7. The van der Waals surface area contributed by atoms with E-state index in [1.54, 1.807) is 18.6 Å². The molecule has 0 fully saturated rings. The first-order valence-electron chi connectivity index (χ1n) is 6.94. The standard InChI is InChI=1S/C15H19N5O/c1-3-11(2)20-14-10-17-13(9-18-14)15(21)19-8-12-5-4-6-16-7-12/h4-7,9-11H,3,8H2,1-2H3,(H,18,20)(H,19,21). The molecule has 1 unspecified atom stereocenters. The molecule has 2 aromatic rings. The van der Waals surface area contributed by atoms with Crippen LogP contribution in [-0.2, 0) is 6.54 Å². The van der Waals surface area contributed by atoms with Gasteiger partial charge in [-0.15, -0.1) is 0 Å². The summed E-state index contributed by atoms with van der Waals surface area (Å²) in [5, 5.41) is 5.99. The Morgan fingerprint density at radius 1 is 1.29 bits per heavy atom. The van der Waals surface area contributed by atoms with Gasteiger partial charge in [-0.1, -0.05) is 13.0 Å². The van der Waals surface area contributed by atoms with Crippen molar-refractivity contribution in [3.05, 3.63) is 48.2 Å². The minimum absolute atomic E-state index is 0.249. The molecule has 2 aromatic heterocycles. The van der Waals surface area contributed by atoms with Crippen molar-refractivity contribution >= 4 is 11.7 Å². The molecule has 0 radical (unpaired) electrons. The summed E-state index contributed by atoms with van der Waals surface area (Å²) in [6.45, 7) is 4.57. The van der Waals surface area contributed by atoms with Crippen LogP contribution in [0.15, 0.2) is 36.9 Å².